The van der Waals surface area contributed by atoms with Crippen LogP contribution in [0.3, 0.4) is 0 Å². The van der Waals surface area contributed by atoms with Crippen LogP contribution >= 0.6 is 0 Å². The van der Waals surface area contributed by atoms with Crippen molar-refractivity contribution in [3.05, 3.63) is 71.3 Å². The van der Waals surface area contributed by atoms with Gasteiger partial charge in [0.15, 0.2) is 12.4 Å². The summed E-state index contributed by atoms with van der Waals surface area (Å²) in [5.74, 6) is 1.86. The molecule has 0 aliphatic carbocycles. The number of anilines is 1. The van der Waals surface area contributed by atoms with Crippen molar-refractivity contribution >= 4 is 12.2 Å². The molecule has 3 heterocycles. The highest BCUT2D eigenvalue weighted by Crippen LogP contribution is 2.32. The predicted molar refractivity (Wildman–Crippen MR) is 143 cm³/mol. The van der Waals surface area contributed by atoms with E-state index in [0.717, 1.165) is 74.6 Å². The largest absolute Gasteiger partial charge is 0.483 e. The van der Waals surface area contributed by atoms with Crippen molar-refractivity contribution in [3.8, 4) is 16.9 Å². The third-order valence-electron chi connectivity index (χ3n) is 7.37. The van der Waals surface area contributed by atoms with E-state index in [1.165, 1.54) is 28.8 Å². The van der Waals surface area contributed by atoms with Crippen molar-refractivity contribution < 1.29 is 13.9 Å². The summed E-state index contributed by atoms with van der Waals surface area (Å²) in [6, 6.07) is 11.2. The van der Waals surface area contributed by atoms with E-state index in [9.17, 15) is 9.18 Å². The number of nitrogens with zero attached hydrogens (tertiary/aromatic N) is 4. The normalized spacial score (nSPS) is 20.0. The minimum Gasteiger partial charge on any atom is -0.483 e. The summed E-state index contributed by atoms with van der Waals surface area (Å²) in [5.41, 5.74) is 5.27. The number of aldehydes is 1. The van der Waals surface area contributed by atoms with Gasteiger partial charge in [0.25, 0.3) is 0 Å². The first kappa shape index (κ1) is 25.3. The number of carbonyl (C=O) groups excluding carboxylic acids is 1. The minimum absolute atomic E-state index is 0.265. The zero-order valence-corrected chi connectivity index (χ0v) is 21.9. The topological polar surface area (TPSA) is 58.6 Å². The Kier molecular flexibility index (Phi) is 7.51. The fraction of sp³-hybridized carbons (Fsp3) is 0.433. The van der Waals surface area contributed by atoms with E-state index in [2.05, 4.69) is 52.7 Å². The third kappa shape index (κ3) is 5.82. The van der Waals surface area contributed by atoms with Gasteiger partial charge in [-0.3, -0.25) is 9.69 Å². The maximum absolute atomic E-state index is 13.7. The van der Waals surface area contributed by atoms with Crippen LogP contribution in [0.5, 0.6) is 5.75 Å². The quantitative estimate of drug-likeness (QED) is 0.413. The van der Waals surface area contributed by atoms with Gasteiger partial charge in [0.2, 0.25) is 5.95 Å². The summed E-state index contributed by atoms with van der Waals surface area (Å²) in [7, 11) is 0. The van der Waals surface area contributed by atoms with Crippen molar-refractivity contribution in [3.63, 3.8) is 0 Å². The Balaban J connectivity index is 1.30. The van der Waals surface area contributed by atoms with Crippen LogP contribution in [0.2, 0.25) is 0 Å². The Labute approximate surface area is 218 Å². The van der Waals surface area contributed by atoms with Crippen LogP contribution < -0.4 is 9.64 Å². The number of benzene rings is 2. The molecule has 2 atom stereocenters. The summed E-state index contributed by atoms with van der Waals surface area (Å²) >= 11 is 0. The van der Waals surface area contributed by atoms with E-state index in [1.807, 2.05) is 6.07 Å². The molecule has 3 aromatic rings. The second-order valence-electron chi connectivity index (χ2n) is 10.7. The van der Waals surface area contributed by atoms with E-state index >= 15 is 0 Å². The maximum atomic E-state index is 13.7. The number of carbonyl (C=O) groups is 1. The molecule has 0 bridgehead atoms. The molecule has 5 rings (SSSR count). The monoisotopic (exact) mass is 502 g/mol. The number of fused-ring (bicyclic) bond motifs is 1. The summed E-state index contributed by atoms with van der Waals surface area (Å²) in [5, 5.41) is 0. The summed E-state index contributed by atoms with van der Waals surface area (Å²) in [6.07, 6.45) is 6.83. The lowest BCUT2D eigenvalue weighted by atomic mass is 9.95. The van der Waals surface area contributed by atoms with Gasteiger partial charge in [0, 0.05) is 50.2 Å². The van der Waals surface area contributed by atoms with Gasteiger partial charge < -0.3 is 9.64 Å². The van der Waals surface area contributed by atoms with Crippen molar-refractivity contribution in [1.82, 2.24) is 14.9 Å². The SMILES string of the molecule is Cc1cc(CN2CCN(c3ncc(-c4cccc(F)c4)cn3)[C@H](CC(C)C)C2)cc2c1CCC(C=O)O2. The van der Waals surface area contributed by atoms with Gasteiger partial charge in [-0.25, -0.2) is 14.4 Å². The highest BCUT2D eigenvalue weighted by molar-refractivity contribution is 5.62. The Morgan fingerprint density at radius 2 is 1.95 bits per heavy atom. The first-order valence-electron chi connectivity index (χ1n) is 13.2. The lowest BCUT2D eigenvalue weighted by molar-refractivity contribution is -0.114. The van der Waals surface area contributed by atoms with E-state index in [0.29, 0.717) is 12.0 Å². The standard InChI is InChI=1S/C30H35FN4O2/c1-20(2)11-26-18-34(17-22-12-21(3)28-8-7-27(19-36)37-29(28)13-22)9-10-35(26)30-32-15-24(16-33-30)23-5-4-6-25(31)14-23/h4-6,12-16,19-20,26-27H,7-11,17-18H2,1-3H3/t26-,27?/m1/s1. The average molecular weight is 503 g/mol. The average Bonchev–Trinajstić information content (AvgIpc) is 2.88. The molecule has 7 heteroatoms. The smallest absolute Gasteiger partial charge is 0.225 e. The van der Waals surface area contributed by atoms with Gasteiger partial charge in [0.05, 0.1) is 0 Å². The van der Waals surface area contributed by atoms with Crippen molar-refractivity contribution in [2.24, 2.45) is 5.92 Å². The zero-order valence-electron chi connectivity index (χ0n) is 21.9. The van der Waals surface area contributed by atoms with Gasteiger partial charge in [-0.2, -0.15) is 0 Å². The highest BCUT2D eigenvalue weighted by Gasteiger charge is 2.30. The molecule has 194 valence electrons. The maximum Gasteiger partial charge on any atom is 0.225 e. The fourth-order valence-electron chi connectivity index (χ4n) is 5.60. The van der Waals surface area contributed by atoms with E-state index in [1.54, 1.807) is 18.5 Å². The van der Waals surface area contributed by atoms with Crippen LogP contribution in [0.4, 0.5) is 10.3 Å². The van der Waals surface area contributed by atoms with Crippen LogP contribution in [-0.2, 0) is 17.8 Å². The van der Waals surface area contributed by atoms with Crippen molar-refractivity contribution in [1.29, 1.82) is 0 Å². The van der Waals surface area contributed by atoms with Gasteiger partial charge in [0.1, 0.15) is 11.6 Å². The first-order chi connectivity index (χ1) is 17.9. The van der Waals surface area contributed by atoms with Crippen molar-refractivity contribution in [2.45, 2.75) is 58.7 Å². The molecule has 0 N–H and O–H groups in total. The van der Waals surface area contributed by atoms with E-state index < -0.39 is 0 Å². The summed E-state index contributed by atoms with van der Waals surface area (Å²) in [4.78, 5) is 25.4. The molecule has 2 aliphatic rings. The van der Waals surface area contributed by atoms with Crippen LogP contribution in [0.1, 0.15) is 43.4 Å². The number of aryl methyl sites for hydroxylation is 1. The van der Waals surface area contributed by atoms with Crippen molar-refractivity contribution in [2.75, 3.05) is 24.5 Å². The Morgan fingerprint density at radius 1 is 1.14 bits per heavy atom. The lowest BCUT2D eigenvalue weighted by Gasteiger charge is -2.42. The van der Waals surface area contributed by atoms with E-state index in [-0.39, 0.29) is 11.9 Å². The highest BCUT2D eigenvalue weighted by atomic mass is 19.1. The molecule has 1 unspecified atom stereocenters. The zero-order chi connectivity index (χ0) is 25.9. The number of ether oxygens (including phenoxy) is 1. The molecule has 6 nitrogen and oxygen atoms in total. The molecule has 37 heavy (non-hydrogen) atoms. The van der Waals surface area contributed by atoms with Gasteiger partial charge in [-0.1, -0.05) is 32.0 Å². The van der Waals surface area contributed by atoms with Crippen LogP contribution in [-0.4, -0.2) is 52.9 Å². The second-order valence-corrected chi connectivity index (χ2v) is 10.7. The summed E-state index contributed by atoms with van der Waals surface area (Å²) < 4.78 is 19.6. The molecule has 1 saturated heterocycles. The van der Waals surface area contributed by atoms with Gasteiger partial charge in [-0.05, 0) is 72.6 Å². The van der Waals surface area contributed by atoms with Crippen LogP contribution in [0.25, 0.3) is 11.1 Å². The molecular weight excluding hydrogens is 467 g/mol. The van der Waals surface area contributed by atoms with E-state index in [4.69, 9.17) is 4.74 Å². The molecule has 2 aliphatic heterocycles. The van der Waals surface area contributed by atoms with Crippen LogP contribution in [0.15, 0.2) is 48.8 Å². The predicted octanol–water partition coefficient (Wildman–Crippen LogP) is 5.22. The fourth-order valence-corrected chi connectivity index (χ4v) is 5.60. The molecule has 0 amide bonds. The Morgan fingerprint density at radius 3 is 2.68 bits per heavy atom. The number of piperazine rings is 1. The third-order valence-corrected chi connectivity index (χ3v) is 7.37. The molecule has 1 aromatic heterocycles. The van der Waals surface area contributed by atoms with Gasteiger partial charge in [-0.15, -0.1) is 0 Å². The molecule has 1 fully saturated rings. The first-order valence-corrected chi connectivity index (χ1v) is 13.2. The number of hydrogen-bond acceptors (Lipinski definition) is 6. The number of aromatic nitrogens is 2. The number of rotatable bonds is 7. The molecule has 0 saturated carbocycles. The Bertz CT molecular complexity index is 1250. The number of hydrogen-bond donors (Lipinski definition) is 0. The lowest BCUT2D eigenvalue weighted by Crippen LogP contribution is -2.54. The minimum atomic E-state index is -0.339. The molecule has 0 radical (unpaired) electrons. The molecule has 2 aromatic carbocycles. The number of halogens is 1. The van der Waals surface area contributed by atoms with Gasteiger partial charge >= 0.3 is 0 Å². The van der Waals surface area contributed by atoms with Crippen LogP contribution in [0, 0.1) is 18.7 Å². The summed E-state index contributed by atoms with van der Waals surface area (Å²) in [6.45, 7) is 10.1. The Hall–Kier alpha value is -3.32. The molecule has 0 spiro atoms. The second kappa shape index (κ2) is 11.0. The molecular formula is C30H35FN4O2.